The van der Waals surface area contributed by atoms with Gasteiger partial charge in [-0.05, 0) is 35.2 Å². The van der Waals surface area contributed by atoms with Gasteiger partial charge < -0.3 is 4.90 Å². The number of carbonyl (C=O) groups is 1. The van der Waals surface area contributed by atoms with Gasteiger partial charge in [-0.1, -0.05) is 48.0 Å². The van der Waals surface area contributed by atoms with Crippen LogP contribution in [-0.2, 0) is 24.3 Å². The number of amides is 1. The molecule has 0 aromatic heterocycles. The summed E-state index contributed by atoms with van der Waals surface area (Å²) in [6, 6.07) is 16.6. The number of rotatable bonds is 4. The number of fused-ring (bicyclic) bond motifs is 1. The Kier molecular flexibility index (Phi) is 5.77. The highest BCUT2D eigenvalue weighted by Gasteiger charge is 2.24. The van der Waals surface area contributed by atoms with Crippen LogP contribution in [-0.4, -0.2) is 59.9 Å². The monoisotopic (exact) mass is 383 g/mol. The molecule has 1 amide bonds. The predicted octanol–water partition coefficient (Wildman–Crippen LogP) is 3.04. The Balaban J connectivity index is 1.25. The van der Waals surface area contributed by atoms with E-state index in [-0.39, 0.29) is 5.91 Å². The van der Waals surface area contributed by atoms with Crippen molar-refractivity contribution in [1.82, 2.24) is 14.7 Å². The summed E-state index contributed by atoms with van der Waals surface area (Å²) in [6.07, 6.45) is 1.04. The first-order valence-electron chi connectivity index (χ1n) is 9.71. The molecular formula is C22H26ClN3O. The third-order valence-corrected chi connectivity index (χ3v) is 5.82. The van der Waals surface area contributed by atoms with Gasteiger partial charge >= 0.3 is 0 Å². The highest BCUT2D eigenvalue weighted by atomic mass is 35.5. The molecular weight excluding hydrogens is 358 g/mol. The Labute approximate surface area is 166 Å². The van der Waals surface area contributed by atoms with Crippen molar-refractivity contribution in [2.45, 2.75) is 19.5 Å². The molecule has 0 bridgehead atoms. The molecule has 2 aliphatic heterocycles. The van der Waals surface area contributed by atoms with Crippen LogP contribution in [0.1, 0.15) is 16.7 Å². The normalized spacial score (nSPS) is 18.3. The molecule has 0 unspecified atom stereocenters. The van der Waals surface area contributed by atoms with Gasteiger partial charge in [-0.2, -0.15) is 0 Å². The Hall–Kier alpha value is -1.88. The lowest BCUT2D eigenvalue weighted by atomic mass is 10.00. The minimum Gasteiger partial charge on any atom is -0.339 e. The highest BCUT2D eigenvalue weighted by molar-refractivity contribution is 6.30. The van der Waals surface area contributed by atoms with Crippen molar-refractivity contribution in [1.29, 1.82) is 0 Å². The first-order chi connectivity index (χ1) is 13.2. The van der Waals surface area contributed by atoms with Gasteiger partial charge in [0.2, 0.25) is 5.91 Å². The summed E-state index contributed by atoms with van der Waals surface area (Å²) in [5.74, 6) is 0.261. The van der Waals surface area contributed by atoms with E-state index in [9.17, 15) is 4.79 Å². The molecule has 0 radical (unpaired) electrons. The number of piperazine rings is 1. The molecule has 0 N–H and O–H groups in total. The van der Waals surface area contributed by atoms with E-state index in [0.717, 1.165) is 57.3 Å². The van der Waals surface area contributed by atoms with Gasteiger partial charge in [-0.25, -0.2) is 0 Å². The lowest BCUT2D eigenvalue weighted by molar-refractivity contribution is -0.134. The zero-order valence-corrected chi connectivity index (χ0v) is 16.4. The van der Waals surface area contributed by atoms with Crippen molar-refractivity contribution in [2.75, 3.05) is 39.3 Å². The maximum Gasteiger partial charge on any atom is 0.236 e. The fraction of sp³-hybridized carbons (Fsp3) is 0.409. The molecule has 1 saturated heterocycles. The van der Waals surface area contributed by atoms with Crippen LogP contribution < -0.4 is 0 Å². The van der Waals surface area contributed by atoms with Crippen LogP contribution in [0.3, 0.4) is 0 Å². The summed E-state index contributed by atoms with van der Waals surface area (Å²) in [6.45, 7) is 6.73. The predicted molar refractivity (Wildman–Crippen MR) is 109 cm³/mol. The van der Waals surface area contributed by atoms with Crippen molar-refractivity contribution in [3.05, 3.63) is 70.2 Å². The van der Waals surface area contributed by atoms with Gasteiger partial charge in [0.25, 0.3) is 0 Å². The van der Waals surface area contributed by atoms with Crippen LogP contribution in [0.25, 0.3) is 0 Å². The van der Waals surface area contributed by atoms with Crippen LogP contribution in [0.15, 0.2) is 48.5 Å². The topological polar surface area (TPSA) is 26.8 Å². The summed E-state index contributed by atoms with van der Waals surface area (Å²) < 4.78 is 0. The highest BCUT2D eigenvalue weighted by Crippen LogP contribution is 2.19. The van der Waals surface area contributed by atoms with Gasteiger partial charge in [0, 0.05) is 50.8 Å². The van der Waals surface area contributed by atoms with Crippen molar-refractivity contribution >= 4 is 17.5 Å². The van der Waals surface area contributed by atoms with Gasteiger partial charge in [0.1, 0.15) is 0 Å². The SMILES string of the molecule is O=C(CN1CCc2ccccc2C1)N1CCN(Cc2cccc(Cl)c2)CC1. The number of carbonyl (C=O) groups excluding carboxylic acids is 1. The maximum absolute atomic E-state index is 12.7. The number of nitrogens with zero attached hydrogens (tertiary/aromatic N) is 3. The molecule has 0 spiro atoms. The molecule has 2 heterocycles. The summed E-state index contributed by atoms with van der Waals surface area (Å²) >= 11 is 6.08. The molecule has 1 fully saturated rings. The lowest BCUT2D eigenvalue weighted by Gasteiger charge is -2.36. The van der Waals surface area contributed by atoms with E-state index in [4.69, 9.17) is 11.6 Å². The Bertz CT molecular complexity index is 802. The molecule has 0 saturated carbocycles. The first kappa shape index (κ1) is 18.5. The Morgan fingerprint density at radius 2 is 1.67 bits per heavy atom. The first-order valence-corrected chi connectivity index (χ1v) is 10.1. The number of halogens is 1. The van der Waals surface area contributed by atoms with Crippen molar-refractivity contribution < 1.29 is 4.79 Å². The molecule has 2 aliphatic rings. The molecule has 2 aromatic rings. The fourth-order valence-electron chi connectivity index (χ4n) is 4.03. The third kappa shape index (κ3) is 4.70. The van der Waals surface area contributed by atoms with Gasteiger partial charge in [0.15, 0.2) is 0 Å². The van der Waals surface area contributed by atoms with Gasteiger partial charge in [0.05, 0.1) is 6.54 Å². The molecule has 27 heavy (non-hydrogen) atoms. The van der Waals surface area contributed by atoms with Crippen LogP contribution in [0.2, 0.25) is 5.02 Å². The second-order valence-electron chi connectivity index (χ2n) is 7.52. The zero-order chi connectivity index (χ0) is 18.6. The minimum absolute atomic E-state index is 0.261. The number of benzene rings is 2. The molecule has 5 heteroatoms. The number of hydrogen-bond acceptors (Lipinski definition) is 3. The van der Waals surface area contributed by atoms with Gasteiger partial charge in [-0.3, -0.25) is 14.6 Å². The fourth-order valence-corrected chi connectivity index (χ4v) is 4.24. The average Bonchev–Trinajstić information content (AvgIpc) is 2.68. The quantitative estimate of drug-likeness (QED) is 0.811. The minimum atomic E-state index is 0.261. The second-order valence-corrected chi connectivity index (χ2v) is 7.95. The standard InChI is InChI=1S/C22H26ClN3O/c23-21-7-3-4-18(14-21)15-24-10-12-26(13-11-24)22(27)17-25-9-8-19-5-1-2-6-20(19)16-25/h1-7,14H,8-13,15-17H2. The van der Waals surface area contributed by atoms with Crippen molar-refractivity contribution in [2.24, 2.45) is 0 Å². The Morgan fingerprint density at radius 1 is 0.889 bits per heavy atom. The number of hydrogen-bond donors (Lipinski definition) is 0. The Morgan fingerprint density at radius 3 is 2.44 bits per heavy atom. The van der Waals surface area contributed by atoms with E-state index in [1.165, 1.54) is 16.7 Å². The van der Waals surface area contributed by atoms with Crippen LogP contribution in [0.4, 0.5) is 0 Å². The lowest BCUT2D eigenvalue weighted by Crippen LogP contribution is -2.51. The van der Waals surface area contributed by atoms with E-state index in [1.54, 1.807) is 0 Å². The van der Waals surface area contributed by atoms with Crippen LogP contribution >= 0.6 is 11.6 Å². The summed E-state index contributed by atoms with van der Waals surface area (Å²) in [5, 5.41) is 0.782. The van der Waals surface area contributed by atoms with E-state index in [2.05, 4.69) is 40.1 Å². The van der Waals surface area contributed by atoms with Crippen LogP contribution in [0.5, 0.6) is 0 Å². The van der Waals surface area contributed by atoms with Gasteiger partial charge in [-0.15, -0.1) is 0 Å². The molecule has 0 atom stereocenters. The van der Waals surface area contributed by atoms with E-state index in [1.807, 2.05) is 23.1 Å². The smallest absolute Gasteiger partial charge is 0.236 e. The molecule has 2 aromatic carbocycles. The molecule has 4 rings (SSSR count). The summed E-state index contributed by atoms with van der Waals surface area (Å²) in [5.41, 5.74) is 4.02. The van der Waals surface area contributed by atoms with E-state index < -0.39 is 0 Å². The second kappa shape index (κ2) is 8.42. The van der Waals surface area contributed by atoms with Crippen molar-refractivity contribution in [3.63, 3.8) is 0 Å². The average molecular weight is 384 g/mol. The molecule has 4 nitrogen and oxygen atoms in total. The third-order valence-electron chi connectivity index (χ3n) is 5.59. The molecule has 142 valence electrons. The maximum atomic E-state index is 12.7. The zero-order valence-electron chi connectivity index (χ0n) is 15.6. The van der Waals surface area contributed by atoms with E-state index in [0.29, 0.717) is 6.54 Å². The summed E-state index contributed by atoms with van der Waals surface area (Å²) in [4.78, 5) is 19.4. The van der Waals surface area contributed by atoms with E-state index >= 15 is 0 Å². The van der Waals surface area contributed by atoms with Crippen LogP contribution in [0, 0.1) is 0 Å². The largest absolute Gasteiger partial charge is 0.339 e. The van der Waals surface area contributed by atoms with Crippen molar-refractivity contribution in [3.8, 4) is 0 Å². The molecule has 0 aliphatic carbocycles. The summed E-state index contributed by atoms with van der Waals surface area (Å²) in [7, 11) is 0.